The van der Waals surface area contributed by atoms with Crippen molar-refractivity contribution in [3.05, 3.63) is 35.6 Å². The lowest BCUT2D eigenvalue weighted by Crippen LogP contribution is -2.52. The summed E-state index contributed by atoms with van der Waals surface area (Å²) < 4.78 is 18.1. The highest BCUT2D eigenvalue weighted by Crippen LogP contribution is 2.35. The monoisotopic (exact) mass is 363 g/mol. The molecule has 1 saturated heterocycles. The number of amides is 1. The summed E-state index contributed by atoms with van der Waals surface area (Å²) in [6.45, 7) is 2.56. The van der Waals surface area contributed by atoms with Crippen LogP contribution >= 0.6 is 0 Å². The second kappa shape index (κ2) is 8.60. The summed E-state index contributed by atoms with van der Waals surface area (Å²) in [5.74, 6) is -0.231. The lowest BCUT2D eigenvalue weighted by atomic mass is 9.74. The van der Waals surface area contributed by atoms with Crippen LogP contribution in [0.25, 0.3) is 0 Å². The molecule has 2 heterocycles. The standard InChI is InChI=1S/C19H26FN3O3/c1-25-10-9-22-18(24)19(7-2-8-21-13-19)12-16-11-17(23-26-16)14-3-5-15(20)6-4-14/h3-6,16,21H,2,7-13H2,1H3,(H,22,24)/t16-,19-/m0/s1. The molecule has 2 N–H and O–H groups in total. The van der Waals surface area contributed by atoms with Gasteiger partial charge in [0, 0.05) is 33.0 Å². The Kier molecular flexibility index (Phi) is 6.21. The Morgan fingerprint density at radius 1 is 1.46 bits per heavy atom. The zero-order valence-electron chi connectivity index (χ0n) is 15.1. The van der Waals surface area contributed by atoms with Gasteiger partial charge in [0.1, 0.15) is 11.9 Å². The average molecular weight is 363 g/mol. The number of halogens is 1. The fraction of sp³-hybridized carbons (Fsp3) is 0.579. The highest BCUT2D eigenvalue weighted by Gasteiger charge is 2.43. The highest BCUT2D eigenvalue weighted by molar-refractivity contribution is 6.01. The van der Waals surface area contributed by atoms with Crippen molar-refractivity contribution in [1.29, 1.82) is 0 Å². The van der Waals surface area contributed by atoms with Gasteiger partial charge in [0.2, 0.25) is 5.91 Å². The Morgan fingerprint density at radius 3 is 2.96 bits per heavy atom. The van der Waals surface area contributed by atoms with Crippen molar-refractivity contribution in [3.63, 3.8) is 0 Å². The lowest BCUT2D eigenvalue weighted by Gasteiger charge is -2.37. The van der Waals surface area contributed by atoms with Crippen molar-refractivity contribution in [3.8, 4) is 0 Å². The molecular weight excluding hydrogens is 337 g/mol. The maximum atomic E-state index is 13.1. The van der Waals surface area contributed by atoms with E-state index in [0.29, 0.717) is 32.5 Å². The van der Waals surface area contributed by atoms with E-state index in [1.165, 1.54) is 12.1 Å². The summed E-state index contributed by atoms with van der Waals surface area (Å²) in [6.07, 6.45) is 2.86. The molecule has 1 aromatic rings. The fourth-order valence-corrected chi connectivity index (χ4v) is 3.67. The number of nitrogens with zero attached hydrogens (tertiary/aromatic N) is 1. The maximum absolute atomic E-state index is 13.1. The van der Waals surface area contributed by atoms with E-state index in [1.807, 2.05) is 0 Å². The first kappa shape index (κ1) is 18.8. The maximum Gasteiger partial charge on any atom is 0.227 e. The lowest BCUT2D eigenvalue weighted by molar-refractivity contribution is -0.134. The van der Waals surface area contributed by atoms with Gasteiger partial charge < -0.3 is 20.2 Å². The summed E-state index contributed by atoms with van der Waals surface area (Å²) in [5.41, 5.74) is 1.16. The average Bonchev–Trinajstić information content (AvgIpc) is 3.11. The van der Waals surface area contributed by atoms with Crippen LogP contribution in [-0.4, -0.2) is 51.1 Å². The Morgan fingerprint density at radius 2 is 2.27 bits per heavy atom. The Labute approximate surface area is 153 Å². The van der Waals surface area contributed by atoms with Gasteiger partial charge in [0.25, 0.3) is 0 Å². The molecule has 3 rings (SSSR count). The van der Waals surface area contributed by atoms with E-state index < -0.39 is 5.41 Å². The number of methoxy groups -OCH3 is 1. The summed E-state index contributed by atoms with van der Waals surface area (Å²) in [6, 6.07) is 6.24. The van der Waals surface area contributed by atoms with Crippen LogP contribution in [0.5, 0.6) is 0 Å². The van der Waals surface area contributed by atoms with E-state index in [9.17, 15) is 9.18 Å². The third kappa shape index (κ3) is 4.40. The number of ether oxygens (including phenoxy) is 1. The third-order valence-electron chi connectivity index (χ3n) is 5.07. The van der Waals surface area contributed by atoms with Gasteiger partial charge in [-0.25, -0.2) is 4.39 Å². The number of carbonyl (C=O) groups excluding carboxylic acids is 1. The molecule has 0 aromatic heterocycles. The molecule has 1 aromatic carbocycles. The van der Waals surface area contributed by atoms with Crippen molar-refractivity contribution < 1.29 is 18.8 Å². The van der Waals surface area contributed by atoms with Crippen LogP contribution in [0.2, 0.25) is 0 Å². The van der Waals surface area contributed by atoms with Crippen molar-refractivity contribution in [1.82, 2.24) is 10.6 Å². The molecule has 0 saturated carbocycles. The van der Waals surface area contributed by atoms with Crippen LogP contribution < -0.4 is 10.6 Å². The minimum Gasteiger partial charge on any atom is -0.392 e. The topological polar surface area (TPSA) is 72.0 Å². The molecule has 0 spiro atoms. The minimum atomic E-state index is -0.496. The molecule has 142 valence electrons. The number of hydrogen-bond acceptors (Lipinski definition) is 5. The van der Waals surface area contributed by atoms with Gasteiger partial charge in [-0.3, -0.25) is 4.79 Å². The molecule has 0 aliphatic carbocycles. The number of nitrogens with one attached hydrogen (secondary N) is 2. The van der Waals surface area contributed by atoms with Crippen LogP contribution in [0.4, 0.5) is 4.39 Å². The van der Waals surface area contributed by atoms with E-state index in [-0.39, 0.29) is 17.8 Å². The number of carbonyl (C=O) groups is 1. The molecule has 0 unspecified atom stereocenters. The summed E-state index contributed by atoms with van der Waals surface area (Å²) in [5, 5.41) is 10.5. The van der Waals surface area contributed by atoms with Crippen LogP contribution in [0.15, 0.2) is 29.4 Å². The first-order valence-electron chi connectivity index (χ1n) is 9.09. The van der Waals surface area contributed by atoms with E-state index in [1.54, 1.807) is 19.2 Å². The SMILES string of the molecule is COCCNC(=O)[C@]1(C[C@@H]2CC(c3ccc(F)cc3)=NO2)CCCNC1. The molecule has 7 heteroatoms. The Hall–Kier alpha value is -1.99. The largest absolute Gasteiger partial charge is 0.392 e. The van der Waals surface area contributed by atoms with E-state index >= 15 is 0 Å². The Balaban J connectivity index is 1.63. The van der Waals surface area contributed by atoms with Gasteiger partial charge in [0.15, 0.2) is 0 Å². The molecule has 1 amide bonds. The van der Waals surface area contributed by atoms with Gasteiger partial charge in [-0.1, -0.05) is 17.3 Å². The van der Waals surface area contributed by atoms with Crippen LogP contribution in [0, 0.1) is 11.2 Å². The number of benzene rings is 1. The third-order valence-corrected chi connectivity index (χ3v) is 5.07. The molecule has 0 bridgehead atoms. The van der Waals surface area contributed by atoms with Crippen LogP contribution in [-0.2, 0) is 14.4 Å². The molecule has 0 radical (unpaired) electrons. The van der Waals surface area contributed by atoms with Crippen LogP contribution in [0.3, 0.4) is 0 Å². The van der Waals surface area contributed by atoms with Crippen molar-refractivity contribution >= 4 is 11.6 Å². The zero-order valence-corrected chi connectivity index (χ0v) is 15.1. The predicted molar refractivity (Wildman–Crippen MR) is 96.5 cm³/mol. The van der Waals surface area contributed by atoms with Gasteiger partial charge in [-0.05, 0) is 37.1 Å². The number of oxime groups is 1. The Bertz CT molecular complexity index is 642. The second-order valence-electron chi connectivity index (χ2n) is 6.99. The molecule has 2 atom stereocenters. The van der Waals surface area contributed by atoms with Crippen molar-refractivity contribution in [2.45, 2.75) is 31.8 Å². The molecule has 26 heavy (non-hydrogen) atoms. The summed E-state index contributed by atoms with van der Waals surface area (Å²) in [4.78, 5) is 18.4. The van der Waals surface area contributed by atoms with Crippen molar-refractivity contribution in [2.24, 2.45) is 10.6 Å². The van der Waals surface area contributed by atoms with Crippen molar-refractivity contribution in [2.75, 3.05) is 33.4 Å². The minimum absolute atomic E-state index is 0.0422. The fourth-order valence-electron chi connectivity index (χ4n) is 3.67. The van der Waals surface area contributed by atoms with Gasteiger partial charge >= 0.3 is 0 Å². The number of piperidine rings is 1. The molecule has 6 nitrogen and oxygen atoms in total. The molecular formula is C19H26FN3O3. The predicted octanol–water partition coefficient (Wildman–Crippen LogP) is 1.84. The van der Waals surface area contributed by atoms with E-state index in [0.717, 1.165) is 30.7 Å². The van der Waals surface area contributed by atoms with E-state index in [2.05, 4.69) is 15.8 Å². The summed E-state index contributed by atoms with van der Waals surface area (Å²) in [7, 11) is 1.62. The number of hydrogen-bond donors (Lipinski definition) is 2. The van der Waals surface area contributed by atoms with E-state index in [4.69, 9.17) is 9.57 Å². The first-order valence-corrected chi connectivity index (χ1v) is 9.09. The smallest absolute Gasteiger partial charge is 0.227 e. The van der Waals surface area contributed by atoms with Gasteiger partial charge in [-0.2, -0.15) is 0 Å². The molecule has 2 aliphatic heterocycles. The van der Waals surface area contributed by atoms with Gasteiger partial charge in [0.05, 0.1) is 17.7 Å². The first-order chi connectivity index (χ1) is 12.6. The molecule has 1 fully saturated rings. The highest BCUT2D eigenvalue weighted by atomic mass is 19.1. The normalized spacial score (nSPS) is 25.5. The second-order valence-corrected chi connectivity index (χ2v) is 6.99. The number of rotatable bonds is 7. The molecule has 2 aliphatic rings. The zero-order chi connectivity index (χ0) is 18.4. The van der Waals surface area contributed by atoms with Gasteiger partial charge in [-0.15, -0.1) is 0 Å². The van der Waals surface area contributed by atoms with Crippen LogP contribution in [0.1, 0.15) is 31.2 Å². The summed E-state index contributed by atoms with van der Waals surface area (Å²) >= 11 is 0. The quantitative estimate of drug-likeness (QED) is 0.725.